The topological polar surface area (TPSA) is 95.9 Å². The molecule has 494 valence electrons. The normalized spacial score (nSPS) is 12.8. The lowest BCUT2D eigenvalue weighted by atomic mass is 10.0. The number of unbranched alkanes of at least 4 members (excludes halogenated alkanes) is 54. The van der Waals surface area contributed by atoms with Crippen LogP contribution in [-0.4, -0.2) is 47.4 Å². The van der Waals surface area contributed by atoms with Crippen LogP contribution in [0.5, 0.6) is 0 Å². The number of aliphatic hydroxyl groups excluding tert-OH is 2. The molecule has 2 atom stereocenters. The molecule has 0 aromatic heterocycles. The maximum atomic E-state index is 12.5. The number of carbonyl (C=O) groups excluding carboxylic acids is 2. The summed E-state index contributed by atoms with van der Waals surface area (Å²) in [5.74, 6) is -0.0517. The summed E-state index contributed by atoms with van der Waals surface area (Å²) in [6.45, 7) is 4.91. The number of esters is 1. The van der Waals surface area contributed by atoms with Gasteiger partial charge in [0, 0.05) is 12.8 Å². The first-order chi connectivity index (χ1) is 41.5. The highest BCUT2D eigenvalue weighted by atomic mass is 16.5. The van der Waals surface area contributed by atoms with Crippen LogP contribution in [-0.2, 0) is 14.3 Å². The monoisotopic (exact) mass is 1180 g/mol. The molecule has 6 heteroatoms. The van der Waals surface area contributed by atoms with Gasteiger partial charge in [-0.25, -0.2) is 0 Å². The highest BCUT2D eigenvalue weighted by Crippen LogP contribution is 2.19. The Labute approximate surface area is 525 Å². The zero-order chi connectivity index (χ0) is 60.6. The molecular formula is C78H147NO5. The molecule has 0 aliphatic rings. The van der Waals surface area contributed by atoms with Gasteiger partial charge in [0.1, 0.15) is 0 Å². The summed E-state index contributed by atoms with van der Waals surface area (Å²) in [6.07, 6.45) is 96.6. The molecule has 0 spiro atoms. The van der Waals surface area contributed by atoms with Crippen molar-refractivity contribution in [3.8, 4) is 0 Å². The minimum absolute atomic E-state index is 0.0110. The van der Waals surface area contributed by atoms with Crippen molar-refractivity contribution in [2.45, 2.75) is 424 Å². The smallest absolute Gasteiger partial charge is 0.305 e. The molecular weight excluding hydrogens is 1030 g/mol. The predicted molar refractivity (Wildman–Crippen MR) is 370 cm³/mol. The number of rotatable bonds is 71. The highest BCUT2D eigenvalue weighted by Gasteiger charge is 2.18. The van der Waals surface area contributed by atoms with Gasteiger partial charge < -0.3 is 20.3 Å². The third-order valence-corrected chi connectivity index (χ3v) is 17.6. The van der Waals surface area contributed by atoms with Crippen LogP contribution < -0.4 is 5.32 Å². The van der Waals surface area contributed by atoms with Crippen molar-refractivity contribution < 1.29 is 24.5 Å². The number of nitrogens with one attached hydrogen (secondary N) is 1. The van der Waals surface area contributed by atoms with Crippen LogP contribution >= 0.6 is 0 Å². The van der Waals surface area contributed by atoms with Crippen molar-refractivity contribution in [1.29, 1.82) is 0 Å². The molecule has 0 saturated carbocycles. The van der Waals surface area contributed by atoms with Crippen molar-refractivity contribution in [1.82, 2.24) is 5.32 Å². The van der Waals surface area contributed by atoms with Gasteiger partial charge in [-0.05, 0) is 89.9 Å². The van der Waals surface area contributed by atoms with E-state index in [0.717, 1.165) is 51.4 Å². The number of aliphatic hydroxyl groups is 2. The SMILES string of the molecule is CCCCCC/C=C\CCCCCCCC(=O)OCCCCCCCCCCCCCCCCC/C=C\C/C=C\CCCCCCCCCCCCCCCCCCCC(=O)NC(CO)C(O)/C=C/CCCCCCCCCCCCCCC. The van der Waals surface area contributed by atoms with Gasteiger partial charge in [0.15, 0.2) is 0 Å². The molecule has 0 bridgehead atoms. The number of allylic oxidation sites excluding steroid dienone is 7. The lowest BCUT2D eigenvalue weighted by Gasteiger charge is -2.20. The third kappa shape index (κ3) is 68.9. The maximum absolute atomic E-state index is 12.5. The van der Waals surface area contributed by atoms with E-state index in [-0.39, 0.29) is 18.5 Å². The predicted octanol–water partition coefficient (Wildman–Crippen LogP) is 24.8. The van der Waals surface area contributed by atoms with Crippen molar-refractivity contribution >= 4 is 11.9 Å². The van der Waals surface area contributed by atoms with E-state index in [9.17, 15) is 19.8 Å². The van der Waals surface area contributed by atoms with Crippen LogP contribution in [0.4, 0.5) is 0 Å². The van der Waals surface area contributed by atoms with E-state index in [0.29, 0.717) is 19.4 Å². The number of hydrogen-bond donors (Lipinski definition) is 3. The minimum Gasteiger partial charge on any atom is -0.466 e. The summed E-state index contributed by atoms with van der Waals surface area (Å²) in [4.78, 5) is 24.5. The molecule has 0 radical (unpaired) electrons. The van der Waals surface area contributed by atoms with Gasteiger partial charge in [-0.3, -0.25) is 9.59 Å². The van der Waals surface area contributed by atoms with Crippen LogP contribution in [0, 0.1) is 0 Å². The molecule has 0 aromatic carbocycles. The molecule has 0 fully saturated rings. The van der Waals surface area contributed by atoms with Crippen molar-refractivity contribution in [2.75, 3.05) is 13.2 Å². The van der Waals surface area contributed by atoms with Gasteiger partial charge in [-0.2, -0.15) is 0 Å². The Balaban J connectivity index is 3.36. The first-order valence-electron chi connectivity index (χ1n) is 37.9. The van der Waals surface area contributed by atoms with Gasteiger partial charge in [-0.15, -0.1) is 0 Å². The zero-order valence-electron chi connectivity index (χ0n) is 56.6. The molecule has 1 amide bonds. The second-order valence-corrected chi connectivity index (χ2v) is 26.0. The number of hydrogen-bond acceptors (Lipinski definition) is 5. The van der Waals surface area contributed by atoms with Crippen molar-refractivity contribution in [3.05, 3.63) is 48.6 Å². The molecule has 6 nitrogen and oxygen atoms in total. The van der Waals surface area contributed by atoms with Crippen LogP contribution in [0.1, 0.15) is 412 Å². The summed E-state index contributed by atoms with van der Waals surface area (Å²) in [7, 11) is 0. The maximum Gasteiger partial charge on any atom is 0.305 e. The van der Waals surface area contributed by atoms with Gasteiger partial charge >= 0.3 is 5.97 Å². The van der Waals surface area contributed by atoms with Crippen molar-refractivity contribution in [3.63, 3.8) is 0 Å². The van der Waals surface area contributed by atoms with Crippen LogP contribution in [0.2, 0.25) is 0 Å². The Hall–Kier alpha value is -2.18. The fourth-order valence-corrected chi connectivity index (χ4v) is 11.8. The van der Waals surface area contributed by atoms with Gasteiger partial charge in [0.05, 0.1) is 25.4 Å². The standard InChI is InChI=1S/C78H147NO5/c1-3-5-7-9-11-13-15-17-43-47-50-54-58-62-66-70-76(81)75(74-80)79-77(82)71-67-63-59-55-51-48-44-41-39-37-35-33-31-29-27-25-23-21-19-18-20-22-24-26-28-30-32-34-36-38-40-42-45-49-53-57-61-65-69-73-84-78(83)72-68-64-60-56-52-46-16-14-12-10-8-6-4-2/h14,16,18-19,22,24,66,70,75-76,80-81H,3-13,15,17,20-21,23,25-65,67-69,71-74H2,1-2H3,(H,79,82)/b16-14-,19-18-,24-22-,70-66+. The molecule has 2 unspecified atom stereocenters. The number of ether oxygens (including phenoxy) is 1. The lowest BCUT2D eigenvalue weighted by Crippen LogP contribution is -2.45. The fourth-order valence-electron chi connectivity index (χ4n) is 11.8. The molecule has 0 heterocycles. The average Bonchev–Trinajstić information content (AvgIpc) is 3.53. The second kappa shape index (κ2) is 73.3. The van der Waals surface area contributed by atoms with Crippen LogP contribution in [0.25, 0.3) is 0 Å². The lowest BCUT2D eigenvalue weighted by molar-refractivity contribution is -0.143. The molecule has 0 aliphatic carbocycles. The van der Waals surface area contributed by atoms with E-state index in [4.69, 9.17) is 4.74 Å². The van der Waals surface area contributed by atoms with Gasteiger partial charge in [-0.1, -0.05) is 358 Å². The van der Waals surface area contributed by atoms with E-state index >= 15 is 0 Å². The number of amides is 1. The molecule has 0 saturated heterocycles. The first kappa shape index (κ1) is 81.8. The van der Waals surface area contributed by atoms with Crippen LogP contribution in [0.15, 0.2) is 48.6 Å². The second-order valence-electron chi connectivity index (χ2n) is 26.0. The fraction of sp³-hybridized carbons (Fsp3) is 0.872. The number of carbonyl (C=O) groups is 2. The largest absolute Gasteiger partial charge is 0.466 e. The highest BCUT2D eigenvalue weighted by molar-refractivity contribution is 5.76. The summed E-state index contributed by atoms with van der Waals surface area (Å²) in [6, 6.07) is -0.626. The van der Waals surface area contributed by atoms with E-state index in [1.165, 1.54) is 334 Å². The summed E-state index contributed by atoms with van der Waals surface area (Å²) < 4.78 is 5.48. The quantitative estimate of drug-likeness (QED) is 0.0320. The van der Waals surface area contributed by atoms with E-state index in [2.05, 4.69) is 55.6 Å². The average molecular weight is 1180 g/mol. The van der Waals surface area contributed by atoms with E-state index in [1.54, 1.807) is 6.08 Å². The Morgan fingerprint density at radius 1 is 0.333 bits per heavy atom. The van der Waals surface area contributed by atoms with Gasteiger partial charge in [0.25, 0.3) is 0 Å². The molecule has 0 aliphatic heterocycles. The Morgan fingerprint density at radius 2 is 0.595 bits per heavy atom. The van der Waals surface area contributed by atoms with E-state index in [1.807, 2.05) is 6.08 Å². The Kier molecular flexibility index (Phi) is 71.4. The third-order valence-electron chi connectivity index (χ3n) is 17.6. The minimum atomic E-state index is -0.842. The summed E-state index contributed by atoms with van der Waals surface area (Å²) in [5.41, 5.74) is 0. The summed E-state index contributed by atoms with van der Waals surface area (Å²) in [5, 5.41) is 23.2. The Bertz CT molecular complexity index is 1400. The van der Waals surface area contributed by atoms with Crippen molar-refractivity contribution in [2.24, 2.45) is 0 Å². The van der Waals surface area contributed by atoms with Gasteiger partial charge in [0.2, 0.25) is 5.91 Å². The molecule has 0 aromatic rings. The molecule has 84 heavy (non-hydrogen) atoms. The molecule has 0 rings (SSSR count). The zero-order valence-corrected chi connectivity index (χ0v) is 56.6. The Morgan fingerprint density at radius 3 is 0.929 bits per heavy atom. The van der Waals surface area contributed by atoms with Crippen LogP contribution in [0.3, 0.4) is 0 Å². The van der Waals surface area contributed by atoms with E-state index < -0.39 is 12.1 Å². The summed E-state index contributed by atoms with van der Waals surface area (Å²) >= 11 is 0. The molecule has 3 N–H and O–H groups in total. The first-order valence-corrected chi connectivity index (χ1v) is 37.9.